The van der Waals surface area contributed by atoms with Crippen molar-refractivity contribution >= 4 is 23.4 Å². The molecule has 0 radical (unpaired) electrons. The van der Waals surface area contributed by atoms with Crippen molar-refractivity contribution in [1.29, 1.82) is 0 Å². The number of thioether (sulfide) groups is 1. The molecule has 0 amide bonds. The van der Waals surface area contributed by atoms with E-state index in [1.807, 2.05) is 18.3 Å². The minimum atomic E-state index is 0.612. The molecule has 1 nitrogen and oxygen atoms in total. The van der Waals surface area contributed by atoms with E-state index in [9.17, 15) is 0 Å². The highest BCUT2D eigenvalue weighted by Gasteiger charge is 1.87. The Labute approximate surface area is 57.4 Å². The first-order valence-corrected chi connectivity index (χ1v) is 3.77. The number of alkyl halides is 1. The molecular formula is C5H6ClNS. The molecule has 0 aliphatic carbocycles. The molecule has 0 saturated heterocycles. The highest BCUT2D eigenvalue weighted by Crippen LogP contribution is 2.14. The molecule has 0 spiro atoms. The fraction of sp³-hybridized carbons (Fsp3) is 0.200. The molecule has 0 bridgehead atoms. The molecule has 3 heteroatoms. The summed E-state index contributed by atoms with van der Waals surface area (Å²) in [7, 11) is 0. The Kier molecular flexibility index (Phi) is 2.30. The van der Waals surface area contributed by atoms with Crippen molar-refractivity contribution in [2.75, 3.05) is 5.21 Å². The average Bonchev–Trinajstić information content (AvgIpc) is 2.19. The van der Waals surface area contributed by atoms with Crippen LogP contribution in [0.25, 0.3) is 0 Å². The first-order valence-electron chi connectivity index (χ1n) is 2.25. The predicted octanol–water partition coefficient (Wildman–Crippen LogP) is 2.30. The van der Waals surface area contributed by atoms with Crippen LogP contribution in [0.1, 0.15) is 0 Å². The normalized spacial score (nSPS) is 9.62. The van der Waals surface area contributed by atoms with Crippen LogP contribution < -0.4 is 0 Å². The van der Waals surface area contributed by atoms with Gasteiger partial charge in [-0.2, -0.15) is 0 Å². The van der Waals surface area contributed by atoms with Crippen molar-refractivity contribution in [3.8, 4) is 0 Å². The van der Waals surface area contributed by atoms with Gasteiger partial charge in [0.25, 0.3) is 0 Å². The van der Waals surface area contributed by atoms with Gasteiger partial charge in [-0.3, -0.25) is 0 Å². The lowest BCUT2D eigenvalue weighted by Crippen LogP contribution is -1.65. The van der Waals surface area contributed by atoms with Crippen molar-refractivity contribution < 1.29 is 0 Å². The Morgan fingerprint density at radius 2 is 2.62 bits per heavy atom. The van der Waals surface area contributed by atoms with E-state index in [1.54, 1.807) is 11.8 Å². The van der Waals surface area contributed by atoms with E-state index in [4.69, 9.17) is 11.6 Å². The zero-order valence-electron chi connectivity index (χ0n) is 4.23. The molecule has 0 aromatic carbocycles. The van der Waals surface area contributed by atoms with Crippen molar-refractivity contribution in [2.45, 2.75) is 5.03 Å². The standard InChI is InChI=1S/C5H6ClNS/c6-4-8-5-2-1-3-7-5/h1-3,7H,4H2. The number of rotatable bonds is 2. The number of H-pyrrole nitrogens is 1. The number of aromatic nitrogens is 1. The molecule has 1 heterocycles. The summed E-state index contributed by atoms with van der Waals surface area (Å²) in [6.45, 7) is 0. The molecule has 1 rings (SSSR count). The van der Waals surface area contributed by atoms with Crippen molar-refractivity contribution in [3.63, 3.8) is 0 Å². The molecule has 44 valence electrons. The van der Waals surface area contributed by atoms with Crippen LogP contribution in [0.15, 0.2) is 23.4 Å². The zero-order chi connectivity index (χ0) is 5.82. The fourth-order valence-electron chi connectivity index (χ4n) is 0.462. The first kappa shape index (κ1) is 6.05. The van der Waals surface area contributed by atoms with Gasteiger partial charge in [-0.15, -0.1) is 11.6 Å². The first-order chi connectivity index (χ1) is 3.93. The Morgan fingerprint density at radius 1 is 1.75 bits per heavy atom. The summed E-state index contributed by atoms with van der Waals surface area (Å²) in [6.07, 6.45) is 1.88. The third-order valence-corrected chi connectivity index (χ3v) is 1.78. The number of nitrogens with one attached hydrogen (secondary N) is 1. The largest absolute Gasteiger partial charge is 0.356 e. The van der Waals surface area contributed by atoms with Crippen molar-refractivity contribution in [2.24, 2.45) is 0 Å². The molecule has 0 aliphatic heterocycles. The van der Waals surface area contributed by atoms with E-state index in [-0.39, 0.29) is 0 Å². The van der Waals surface area contributed by atoms with Gasteiger partial charge in [0.1, 0.15) is 0 Å². The Balaban J connectivity index is 2.50. The molecule has 1 aromatic heterocycles. The van der Waals surface area contributed by atoms with E-state index >= 15 is 0 Å². The Hall–Kier alpha value is -0.0800. The van der Waals surface area contributed by atoms with Gasteiger partial charge in [0.15, 0.2) is 0 Å². The lowest BCUT2D eigenvalue weighted by atomic mass is 10.7. The maximum absolute atomic E-state index is 5.44. The molecule has 0 fully saturated rings. The number of halogens is 1. The van der Waals surface area contributed by atoms with Gasteiger partial charge in [0.05, 0.1) is 10.2 Å². The van der Waals surface area contributed by atoms with E-state index in [0.29, 0.717) is 5.21 Å². The minimum absolute atomic E-state index is 0.612. The second-order valence-electron chi connectivity index (χ2n) is 1.29. The molecule has 0 unspecified atom stereocenters. The smallest absolute Gasteiger partial charge is 0.0741 e. The summed E-state index contributed by atoms with van der Waals surface area (Å²) >= 11 is 7.03. The topological polar surface area (TPSA) is 15.8 Å². The zero-order valence-corrected chi connectivity index (χ0v) is 5.80. The molecule has 8 heavy (non-hydrogen) atoms. The van der Waals surface area contributed by atoms with Crippen LogP contribution in [0.5, 0.6) is 0 Å². The van der Waals surface area contributed by atoms with Crippen LogP contribution in [0.3, 0.4) is 0 Å². The Morgan fingerprint density at radius 3 is 3.12 bits per heavy atom. The summed E-state index contributed by atoms with van der Waals surface area (Å²) in [6, 6.07) is 3.95. The van der Waals surface area contributed by atoms with E-state index in [1.165, 1.54) is 0 Å². The van der Waals surface area contributed by atoms with E-state index in [2.05, 4.69) is 4.98 Å². The van der Waals surface area contributed by atoms with Crippen LogP contribution in [-0.4, -0.2) is 10.2 Å². The number of hydrogen-bond donors (Lipinski definition) is 1. The highest BCUT2D eigenvalue weighted by atomic mass is 35.5. The summed E-state index contributed by atoms with van der Waals surface area (Å²) < 4.78 is 0. The molecule has 1 N–H and O–H groups in total. The van der Waals surface area contributed by atoms with Gasteiger partial charge < -0.3 is 4.98 Å². The summed E-state index contributed by atoms with van der Waals surface area (Å²) in [5.74, 6) is 0. The van der Waals surface area contributed by atoms with E-state index < -0.39 is 0 Å². The SMILES string of the molecule is ClCSc1ccc[nH]1. The van der Waals surface area contributed by atoms with Crippen LogP contribution in [-0.2, 0) is 0 Å². The third kappa shape index (κ3) is 1.46. The molecule has 1 aromatic rings. The monoisotopic (exact) mass is 147 g/mol. The number of hydrogen-bond acceptors (Lipinski definition) is 1. The van der Waals surface area contributed by atoms with Gasteiger partial charge >= 0.3 is 0 Å². The van der Waals surface area contributed by atoms with Crippen LogP contribution in [0.2, 0.25) is 0 Å². The molecular weight excluding hydrogens is 142 g/mol. The van der Waals surface area contributed by atoms with Crippen molar-refractivity contribution in [1.82, 2.24) is 4.98 Å². The van der Waals surface area contributed by atoms with Gasteiger partial charge in [0, 0.05) is 6.20 Å². The lowest BCUT2D eigenvalue weighted by Gasteiger charge is -1.86. The van der Waals surface area contributed by atoms with Gasteiger partial charge in [-0.05, 0) is 12.1 Å². The van der Waals surface area contributed by atoms with Gasteiger partial charge in [0.2, 0.25) is 0 Å². The van der Waals surface area contributed by atoms with Crippen LogP contribution in [0.4, 0.5) is 0 Å². The predicted molar refractivity (Wildman–Crippen MR) is 37.4 cm³/mol. The van der Waals surface area contributed by atoms with Gasteiger partial charge in [-0.1, -0.05) is 11.8 Å². The van der Waals surface area contributed by atoms with E-state index in [0.717, 1.165) is 5.03 Å². The van der Waals surface area contributed by atoms with Crippen molar-refractivity contribution in [3.05, 3.63) is 18.3 Å². The highest BCUT2D eigenvalue weighted by molar-refractivity contribution is 8.00. The average molecular weight is 148 g/mol. The van der Waals surface area contributed by atoms with Gasteiger partial charge in [-0.25, -0.2) is 0 Å². The van der Waals surface area contributed by atoms with Crippen LogP contribution in [0, 0.1) is 0 Å². The Bertz CT molecular complexity index is 138. The maximum atomic E-state index is 5.44. The van der Waals surface area contributed by atoms with Crippen LogP contribution >= 0.6 is 23.4 Å². The quantitative estimate of drug-likeness (QED) is 0.502. The third-order valence-electron chi connectivity index (χ3n) is 0.779. The molecule has 0 saturated carbocycles. The fourth-order valence-corrected chi connectivity index (χ4v) is 1.26. The second-order valence-corrected chi connectivity index (χ2v) is 2.89. The molecule has 0 aliphatic rings. The minimum Gasteiger partial charge on any atom is -0.356 e. The summed E-state index contributed by atoms with van der Waals surface area (Å²) in [4.78, 5) is 3.02. The maximum Gasteiger partial charge on any atom is 0.0741 e. The molecule has 0 atom stereocenters. The summed E-state index contributed by atoms with van der Waals surface area (Å²) in [5.41, 5.74) is 0. The second kappa shape index (κ2) is 3.05. The number of aromatic amines is 1. The summed E-state index contributed by atoms with van der Waals surface area (Å²) in [5, 5.41) is 1.74. The lowest BCUT2D eigenvalue weighted by molar-refractivity contribution is 1.21.